The first-order valence-electron chi connectivity index (χ1n) is 2.92. The molecule has 0 aromatic rings. The quantitative estimate of drug-likeness (QED) is 0.384. The third-order valence-electron chi connectivity index (χ3n) is 0.715. The fraction of sp³-hybridized carbons (Fsp3) is 0.667. The van der Waals surface area contributed by atoms with Gasteiger partial charge in [0.25, 0.3) is 0 Å². The zero-order chi connectivity index (χ0) is 7.11. The fourth-order valence-corrected chi connectivity index (χ4v) is 0.404. The van der Waals surface area contributed by atoms with Crippen molar-refractivity contribution < 1.29 is 4.74 Å². The molecule has 3 heteroatoms. The van der Waals surface area contributed by atoms with E-state index in [0.717, 1.165) is 0 Å². The molecule has 52 valence electrons. The van der Waals surface area contributed by atoms with Gasteiger partial charge in [0.15, 0.2) is 0 Å². The molecule has 3 nitrogen and oxygen atoms in total. The standard InChI is InChI=1S/C6H12N2O/c1-4-7-6(9-3)8-5-2/h4H,5H2,1-3H3/b7-4-,8-6+. The van der Waals surface area contributed by atoms with Gasteiger partial charge >= 0.3 is 6.02 Å². The summed E-state index contributed by atoms with van der Waals surface area (Å²) in [5, 5.41) is 0. The minimum atomic E-state index is 0.444. The Morgan fingerprint density at radius 2 is 2.33 bits per heavy atom. The molecule has 0 fully saturated rings. The minimum absolute atomic E-state index is 0.444. The first kappa shape index (κ1) is 8.14. The van der Waals surface area contributed by atoms with E-state index in [0.29, 0.717) is 12.6 Å². The Balaban J connectivity index is 3.81. The molecule has 9 heavy (non-hydrogen) atoms. The van der Waals surface area contributed by atoms with E-state index in [4.69, 9.17) is 4.74 Å². The number of amidine groups is 1. The molecule has 0 bridgehead atoms. The van der Waals surface area contributed by atoms with Crippen LogP contribution in [-0.4, -0.2) is 25.9 Å². The third-order valence-corrected chi connectivity index (χ3v) is 0.715. The van der Waals surface area contributed by atoms with Crippen LogP contribution in [0.25, 0.3) is 0 Å². The number of methoxy groups -OCH3 is 1. The maximum atomic E-state index is 4.78. The Hall–Kier alpha value is -0.860. The lowest BCUT2D eigenvalue weighted by Gasteiger charge is -1.94. The average molecular weight is 128 g/mol. The minimum Gasteiger partial charge on any atom is -0.467 e. The topological polar surface area (TPSA) is 34.0 Å². The smallest absolute Gasteiger partial charge is 0.310 e. The summed E-state index contributed by atoms with van der Waals surface area (Å²) >= 11 is 0. The van der Waals surface area contributed by atoms with Crippen LogP contribution in [0.3, 0.4) is 0 Å². The summed E-state index contributed by atoms with van der Waals surface area (Å²) in [7, 11) is 1.56. The van der Waals surface area contributed by atoms with Crippen molar-refractivity contribution in [3.63, 3.8) is 0 Å². The van der Waals surface area contributed by atoms with Gasteiger partial charge in [0.05, 0.1) is 7.11 Å². The molecule has 0 N–H and O–H groups in total. The monoisotopic (exact) mass is 128 g/mol. The van der Waals surface area contributed by atoms with Crippen molar-refractivity contribution >= 4 is 12.2 Å². The van der Waals surface area contributed by atoms with Crippen LogP contribution in [-0.2, 0) is 4.74 Å². The first-order valence-corrected chi connectivity index (χ1v) is 2.92. The highest BCUT2D eigenvalue weighted by Crippen LogP contribution is 1.80. The van der Waals surface area contributed by atoms with Crippen molar-refractivity contribution in [2.75, 3.05) is 13.7 Å². The maximum absolute atomic E-state index is 4.78. The van der Waals surface area contributed by atoms with Gasteiger partial charge in [0.2, 0.25) is 0 Å². The molecule has 0 amide bonds. The molecule has 0 radical (unpaired) electrons. The van der Waals surface area contributed by atoms with Crippen LogP contribution in [0.5, 0.6) is 0 Å². The van der Waals surface area contributed by atoms with E-state index >= 15 is 0 Å². The molecule has 0 saturated carbocycles. The Morgan fingerprint density at radius 3 is 2.67 bits per heavy atom. The summed E-state index contributed by atoms with van der Waals surface area (Å²) in [5.41, 5.74) is 0. The normalized spacial score (nSPS) is 12.6. The Labute approximate surface area is 55.5 Å². The lowest BCUT2D eigenvalue weighted by Crippen LogP contribution is -1.97. The number of aliphatic imine (C=N–C) groups is 2. The SMILES string of the molecule is C/C=N\C(=N/CC)OC. The van der Waals surface area contributed by atoms with Crippen LogP contribution in [0.15, 0.2) is 9.98 Å². The van der Waals surface area contributed by atoms with Crippen molar-refractivity contribution in [1.82, 2.24) is 0 Å². The van der Waals surface area contributed by atoms with E-state index < -0.39 is 0 Å². The van der Waals surface area contributed by atoms with E-state index in [2.05, 4.69) is 9.98 Å². The molecule has 0 saturated heterocycles. The maximum Gasteiger partial charge on any atom is 0.310 e. The lowest BCUT2D eigenvalue weighted by molar-refractivity contribution is 0.395. The van der Waals surface area contributed by atoms with Gasteiger partial charge in [-0.05, 0) is 13.8 Å². The summed E-state index contributed by atoms with van der Waals surface area (Å²) in [6, 6.07) is 0.444. The van der Waals surface area contributed by atoms with Crippen LogP contribution < -0.4 is 0 Å². The van der Waals surface area contributed by atoms with Gasteiger partial charge in [-0.3, -0.25) is 0 Å². The van der Waals surface area contributed by atoms with Crippen LogP contribution >= 0.6 is 0 Å². The Bertz CT molecular complexity index is 118. The zero-order valence-electron chi connectivity index (χ0n) is 6.09. The summed E-state index contributed by atoms with van der Waals surface area (Å²) in [5.74, 6) is 0. The highest BCUT2D eigenvalue weighted by Gasteiger charge is 1.86. The number of hydrogen-bond acceptors (Lipinski definition) is 2. The molecule has 0 unspecified atom stereocenters. The second-order valence-electron chi connectivity index (χ2n) is 1.35. The second kappa shape index (κ2) is 5.28. The predicted octanol–water partition coefficient (Wildman–Crippen LogP) is 1.10. The van der Waals surface area contributed by atoms with Crippen molar-refractivity contribution in [3.8, 4) is 0 Å². The van der Waals surface area contributed by atoms with Gasteiger partial charge in [-0.2, -0.15) is 0 Å². The highest BCUT2D eigenvalue weighted by molar-refractivity contribution is 5.82. The largest absolute Gasteiger partial charge is 0.467 e. The van der Waals surface area contributed by atoms with E-state index in [1.54, 1.807) is 13.3 Å². The molecule has 0 aromatic heterocycles. The van der Waals surface area contributed by atoms with Gasteiger partial charge in [-0.25, -0.2) is 9.98 Å². The molecule has 0 aliphatic carbocycles. The van der Waals surface area contributed by atoms with Crippen molar-refractivity contribution in [2.45, 2.75) is 13.8 Å². The van der Waals surface area contributed by atoms with Crippen LogP contribution in [0.4, 0.5) is 0 Å². The van der Waals surface area contributed by atoms with Gasteiger partial charge in [0.1, 0.15) is 0 Å². The number of hydrogen-bond donors (Lipinski definition) is 0. The van der Waals surface area contributed by atoms with Gasteiger partial charge < -0.3 is 4.74 Å². The van der Waals surface area contributed by atoms with Crippen LogP contribution in [0, 0.1) is 0 Å². The average Bonchev–Trinajstić information content (AvgIpc) is 1.88. The predicted molar refractivity (Wildman–Crippen MR) is 39.2 cm³/mol. The Morgan fingerprint density at radius 1 is 1.67 bits per heavy atom. The van der Waals surface area contributed by atoms with Gasteiger partial charge in [-0.15, -0.1) is 0 Å². The number of rotatable bonds is 1. The molecule has 0 aliphatic heterocycles. The molecule has 0 rings (SSSR count). The summed E-state index contributed by atoms with van der Waals surface area (Å²) in [4.78, 5) is 7.76. The Kier molecular flexibility index (Phi) is 4.78. The van der Waals surface area contributed by atoms with Gasteiger partial charge in [-0.1, -0.05) is 0 Å². The van der Waals surface area contributed by atoms with Crippen molar-refractivity contribution in [3.05, 3.63) is 0 Å². The summed E-state index contributed by atoms with van der Waals surface area (Å²) in [6.45, 7) is 4.47. The van der Waals surface area contributed by atoms with E-state index in [1.165, 1.54) is 0 Å². The third kappa shape index (κ3) is 3.70. The molecular weight excluding hydrogens is 116 g/mol. The summed E-state index contributed by atoms with van der Waals surface area (Å²) < 4.78 is 4.78. The zero-order valence-corrected chi connectivity index (χ0v) is 6.09. The molecule has 0 aromatic carbocycles. The van der Waals surface area contributed by atoms with E-state index in [1.807, 2.05) is 13.8 Å². The van der Waals surface area contributed by atoms with E-state index in [-0.39, 0.29) is 0 Å². The molecule has 0 heterocycles. The molecule has 0 spiro atoms. The van der Waals surface area contributed by atoms with Crippen LogP contribution in [0.2, 0.25) is 0 Å². The number of nitrogens with zero attached hydrogens (tertiary/aromatic N) is 2. The van der Waals surface area contributed by atoms with E-state index in [9.17, 15) is 0 Å². The molecular formula is C6H12N2O. The van der Waals surface area contributed by atoms with Crippen LogP contribution in [0.1, 0.15) is 13.8 Å². The fourth-order valence-electron chi connectivity index (χ4n) is 0.404. The lowest BCUT2D eigenvalue weighted by atomic mass is 10.8. The van der Waals surface area contributed by atoms with Crippen molar-refractivity contribution in [2.24, 2.45) is 9.98 Å². The first-order chi connectivity index (χ1) is 4.35. The molecule has 0 atom stereocenters. The van der Waals surface area contributed by atoms with Crippen molar-refractivity contribution in [1.29, 1.82) is 0 Å². The molecule has 0 aliphatic rings. The second-order valence-corrected chi connectivity index (χ2v) is 1.35. The van der Waals surface area contributed by atoms with Gasteiger partial charge in [0, 0.05) is 12.8 Å². The summed E-state index contributed by atoms with van der Waals surface area (Å²) in [6.07, 6.45) is 1.65. The number of ether oxygens (including phenoxy) is 1. The highest BCUT2D eigenvalue weighted by atomic mass is 16.5.